The molecule has 0 spiro atoms. The summed E-state index contributed by atoms with van der Waals surface area (Å²) in [4.78, 5) is 8.73. The highest BCUT2D eigenvalue weighted by Crippen LogP contribution is 2.44. The molecule has 2 N–H and O–H groups in total. The Labute approximate surface area is 234 Å². The fraction of sp³-hybridized carbons (Fsp3) is 0.214. The lowest BCUT2D eigenvalue weighted by molar-refractivity contribution is 0.417. The number of nitrogens with zero attached hydrogens (tertiary/aromatic N) is 4. The quantitative estimate of drug-likeness (QED) is 0.304. The second-order valence-corrected chi connectivity index (χ2v) is 11.6. The van der Waals surface area contributed by atoms with Gasteiger partial charge in [0, 0.05) is 55.3 Å². The van der Waals surface area contributed by atoms with E-state index in [1.54, 1.807) is 18.3 Å². The lowest BCUT2D eigenvalue weighted by Crippen LogP contribution is -2.30. The predicted octanol–water partition coefficient (Wildman–Crippen LogP) is 4.50. The van der Waals surface area contributed by atoms with E-state index in [1.807, 2.05) is 55.5 Å². The number of thiocarbonyl (C=S) groups is 1. The third kappa shape index (κ3) is 5.41. The molecule has 11 heteroatoms. The molecule has 1 aliphatic rings. The summed E-state index contributed by atoms with van der Waals surface area (Å²) in [6, 6.07) is 23.1. The van der Waals surface area contributed by atoms with Crippen LogP contribution in [0.5, 0.6) is 5.75 Å². The first-order valence-corrected chi connectivity index (χ1v) is 14.6. The maximum absolute atomic E-state index is 11.9. The van der Waals surface area contributed by atoms with E-state index in [0.29, 0.717) is 16.5 Å². The molecule has 0 aliphatic carbocycles. The molecule has 9 nitrogen and oxygen atoms in total. The Bertz CT molecular complexity index is 1590. The van der Waals surface area contributed by atoms with E-state index >= 15 is 0 Å². The number of hydrogen-bond donors (Lipinski definition) is 2. The summed E-state index contributed by atoms with van der Waals surface area (Å²) in [6.07, 6.45) is 4.91. The van der Waals surface area contributed by atoms with Crippen LogP contribution in [0.4, 0.5) is 17.1 Å². The van der Waals surface area contributed by atoms with Gasteiger partial charge in [0.05, 0.1) is 30.8 Å². The van der Waals surface area contributed by atoms with E-state index in [0.717, 1.165) is 34.7 Å². The lowest BCUT2D eigenvalue weighted by Gasteiger charge is -2.29. The fourth-order valence-electron chi connectivity index (χ4n) is 4.83. The van der Waals surface area contributed by atoms with Gasteiger partial charge in [0.1, 0.15) is 11.8 Å². The zero-order valence-corrected chi connectivity index (χ0v) is 23.7. The minimum Gasteiger partial charge on any atom is -0.494 e. The molecule has 1 saturated heterocycles. The van der Waals surface area contributed by atoms with Gasteiger partial charge in [-0.05, 0) is 72.9 Å². The van der Waals surface area contributed by atoms with Crippen molar-refractivity contribution in [3.8, 4) is 11.4 Å². The summed E-state index contributed by atoms with van der Waals surface area (Å²) < 4.78 is 34.0. The maximum atomic E-state index is 11.9. The number of rotatable bonds is 8. The number of pyridine rings is 1. The molecule has 0 amide bonds. The van der Waals surface area contributed by atoms with Crippen molar-refractivity contribution in [2.75, 3.05) is 42.0 Å². The monoisotopic (exact) mass is 562 g/mol. The summed E-state index contributed by atoms with van der Waals surface area (Å²) in [7, 11) is 2.05. The highest BCUT2D eigenvalue weighted by atomic mass is 32.2. The van der Waals surface area contributed by atoms with Gasteiger partial charge in [-0.1, -0.05) is 6.07 Å². The highest BCUT2D eigenvalue weighted by Gasteiger charge is 2.42. The number of benzene rings is 2. The van der Waals surface area contributed by atoms with Crippen LogP contribution >= 0.6 is 12.2 Å². The van der Waals surface area contributed by atoms with Crippen LogP contribution in [0.15, 0.2) is 85.2 Å². The predicted molar refractivity (Wildman–Crippen MR) is 159 cm³/mol. The third-order valence-electron chi connectivity index (χ3n) is 6.58. The van der Waals surface area contributed by atoms with Gasteiger partial charge in [-0.25, -0.2) is 8.42 Å². The van der Waals surface area contributed by atoms with Crippen molar-refractivity contribution in [2.45, 2.75) is 12.1 Å². The van der Waals surface area contributed by atoms with E-state index in [4.69, 9.17) is 17.0 Å². The number of aromatic nitrogens is 2. The molecule has 1 fully saturated rings. The summed E-state index contributed by atoms with van der Waals surface area (Å²) in [6.45, 7) is 0. The molecule has 39 heavy (non-hydrogen) atoms. The number of nitrogens with one attached hydrogen (secondary N) is 2. The Balaban J connectivity index is 1.63. The van der Waals surface area contributed by atoms with Crippen molar-refractivity contribution >= 4 is 44.4 Å². The Morgan fingerprint density at radius 3 is 2.41 bits per heavy atom. The smallest absolute Gasteiger partial charge is 0.229 e. The molecule has 202 valence electrons. The molecular formula is C28H30N6O3S2. The Hall–Kier alpha value is -4.09. The normalized spacial score (nSPS) is 17.1. The van der Waals surface area contributed by atoms with Crippen molar-refractivity contribution in [3.05, 3.63) is 96.6 Å². The highest BCUT2D eigenvalue weighted by molar-refractivity contribution is 7.92. The molecule has 0 bridgehead atoms. The summed E-state index contributed by atoms with van der Waals surface area (Å²) in [5.41, 5.74) is 5.09. The summed E-state index contributed by atoms with van der Waals surface area (Å²) in [5.74, 6) is 0.385. The van der Waals surface area contributed by atoms with Crippen LogP contribution in [0.3, 0.4) is 0 Å². The van der Waals surface area contributed by atoms with Crippen LogP contribution in [-0.2, 0) is 10.0 Å². The number of sulfonamides is 1. The molecule has 2 unspecified atom stereocenters. The van der Waals surface area contributed by atoms with E-state index < -0.39 is 10.0 Å². The van der Waals surface area contributed by atoms with E-state index in [2.05, 4.69) is 54.8 Å². The molecule has 3 heterocycles. The fourth-order valence-corrected chi connectivity index (χ4v) is 5.74. The summed E-state index contributed by atoms with van der Waals surface area (Å²) in [5, 5.41) is 4.00. The van der Waals surface area contributed by atoms with Gasteiger partial charge in [-0.2, -0.15) is 0 Å². The summed E-state index contributed by atoms with van der Waals surface area (Å²) >= 11 is 5.88. The Morgan fingerprint density at radius 2 is 1.77 bits per heavy atom. The first-order valence-electron chi connectivity index (χ1n) is 12.3. The van der Waals surface area contributed by atoms with Crippen molar-refractivity contribution in [1.29, 1.82) is 0 Å². The first-order chi connectivity index (χ1) is 18.7. The van der Waals surface area contributed by atoms with Crippen LogP contribution in [0.2, 0.25) is 0 Å². The second kappa shape index (κ2) is 10.6. The number of methoxy groups -OCH3 is 1. The zero-order valence-electron chi connectivity index (χ0n) is 22.1. The molecule has 5 rings (SSSR count). The number of hydrogen-bond acceptors (Lipinski definition) is 6. The SMILES string of the molecule is COc1cc(N2C(=S)NC(c3ccccn3)C2c2cccn2-c2ccc(N(C)C)cc2)ccc1NS(C)(=O)=O. The molecule has 2 atom stereocenters. The number of ether oxygens (including phenoxy) is 1. The molecule has 0 radical (unpaired) electrons. The Morgan fingerprint density at radius 1 is 1.03 bits per heavy atom. The van der Waals surface area contributed by atoms with E-state index in [-0.39, 0.29) is 12.1 Å². The molecular weight excluding hydrogens is 532 g/mol. The first kappa shape index (κ1) is 26.5. The van der Waals surface area contributed by atoms with Crippen molar-refractivity contribution in [2.24, 2.45) is 0 Å². The van der Waals surface area contributed by atoms with Gasteiger partial charge in [0.25, 0.3) is 0 Å². The molecule has 2 aromatic heterocycles. The standard InChI is InChI=1S/C28H30N6O3S2/c1-32(2)19-10-12-20(13-11-19)33-17-7-9-24(33)27-26(23-8-5-6-16-29-23)30-28(38)34(27)21-14-15-22(25(18-21)37-3)31-39(4,35)36/h5-18,26-27,31H,1-4H3,(H,30,38). The zero-order chi connectivity index (χ0) is 27.7. The van der Waals surface area contributed by atoms with Crippen LogP contribution in [0.1, 0.15) is 23.5 Å². The number of anilines is 3. The minimum atomic E-state index is -3.48. The van der Waals surface area contributed by atoms with Crippen molar-refractivity contribution in [1.82, 2.24) is 14.9 Å². The average Bonchev–Trinajstić information content (AvgIpc) is 3.53. The molecule has 2 aromatic carbocycles. The Kier molecular flexibility index (Phi) is 7.19. The van der Waals surface area contributed by atoms with Gasteiger partial charge in [0.2, 0.25) is 10.0 Å². The van der Waals surface area contributed by atoms with E-state index in [1.165, 1.54) is 7.11 Å². The van der Waals surface area contributed by atoms with Gasteiger partial charge in [-0.3, -0.25) is 9.71 Å². The molecule has 1 aliphatic heterocycles. The molecule has 0 saturated carbocycles. The van der Waals surface area contributed by atoms with Gasteiger partial charge in [0.15, 0.2) is 5.11 Å². The van der Waals surface area contributed by atoms with Crippen molar-refractivity contribution in [3.63, 3.8) is 0 Å². The van der Waals surface area contributed by atoms with Crippen LogP contribution in [0, 0.1) is 0 Å². The van der Waals surface area contributed by atoms with Crippen molar-refractivity contribution < 1.29 is 13.2 Å². The van der Waals surface area contributed by atoms with Gasteiger partial charge >= 0.3 is 0 Å². The average molecular weight is 563 g/mol. The largest absolute Gasteiger partial charge is 0.494 e. The van der Waals surface area contributed by atoms with Crippen LogP contribution < -0.4 is 24.6 Å². The van der Waals surface area contributed by atoms with Crippen LogP contribution in [-0.4, -0.2) is 50.5 Å². The second-order valence-electron chi connectivity index (χ2n) is 9.47. The molecule has 4 aromatic rings. The van der Waals surface area contributed by atoms with E-state index in [9.17, 15) is 8.42 Å². The van der Waals surface area contributed by atoms with Gasteiger partial charge in [-0.15, -0.1) is 0 Å². The lowest BCUT2D eigenvalue weighted by atomic mass is 10.0. The maximum Gasteiger partial charge on any atom is 0.229 e. The third-order valence-corrected chi connectivity index (χ3v) is 7.49. The van der Waals surface area contributed by atoms with Crippen LogP contribution in [0.25, 0.3) is 5.69 Å². The minimum absolute atomic E-state index is 0.242. The van der Waals surface area contributed by atoms with Gasteiger partial charge < -0.3 is 24.4 Å². The topological polar surface area (TPSA) is 91.7 Å².